The summed E-state index contributed by atoms with van der Waals surface area (Å²) in [5.74, 6) is -1.59. The second kappa shape index (κ2) is 9.42. The van der Waals surface area contributed by atoms with E-state index in [1.54, 1.807) is 6.92 Å². The molecule has 0 aliphatic heterocycles. The van der Waals surface area contributed by atoms with Gasteiger partial charge in [-0.2, -0.15) is 0 Å². The predicted molar refractivity (Wildman–Crippen MR) is 119 cm³/mol. The molecule has 0 bridgehead atoms. The highest BCUT2D eigenvalue weighted by atomic mass is 16.5. The highest BCUT2D eigenvalue weighted by molar-refractivity contribution is 5.82. The number of carbonyl (C=O) groups excluding carboxylic acids is 2. The van der Waals surface area contributed by atoms with Gasteiger partial charge in [0.2, 0.25) is 5.91 Å². The van der Waals surface area contributed by atoms with Crippen molar-refractivity contribution in [3.63, 3.8) is 0 Å². The van der Waals surface area contributed by atoms with Crippen LogP contribution in [0.1, 0.15) is 49.7 Å². The summed E-state index contributed by atoms with van der Waals surface area (Å²) in [4.78, 5) is 36.0. The average molecular weight is 437 g/mol. The molecule has 0 heterocycles. The summed E-state index contributed by atoms with van der Waals surface area (Å²) in [5.41, 5.74) is 4.62. The van der Waals surface area contributed by atoms with Crippen LogP contribution in [-0.2, 0) is 14.3 Å². The maximum Gasteiger partial charge on any atom is 0.407 e. The van der Waals surface area contributed by atoms with Crippen LogP contribution in [0.15, 0.2) is 48.5 Å². The summed E-state index contributed by atoms with van der Waals surface area (Å²) in [6.45, 7) is 1.88. The van der Waals surface area contributed by atoms with Gasteiger partial charge in [-0.3, -0.25) is 9.59 Å². The molecule has 0 radical (unpaired) electrons. The summed E-state index contributed by atoms with van der Waals surface area (Å²) in [6, 6.07) is 15.5. The summed E-state index contributed by atoms with van der Waals surface area (Å²) in [6.07, 6.45) is 1.49. The normalized spacial score (nSPS) is 20.2. The van der Waals surface area contributed by atoms with Gasteiger partial charge in [-0.1, -0.05) is 55.0 Å². The van der Waals surface area contributed by atoms with Crippen molar-refractivity contribution in [1.29, 1.82) is 0 Å². The molecule has 3 N–H and O–H groups in total. The number of ether oxygens (including phenoxy) is 1. The van der Waals surface area contributed by atoms with E-state index >= 15 is 0 Å². The van der Waals surface area contributed by atoms with E-state index in [9.17, 15) is 14.4 Å². The standard InChI is InChI=1S/C25H28N2O5/c1-15(13-23(28)29)26-24(30)20-11-6-12-22(20)27-25(31)32-14-21-18-9-4-2-7-16(18)17-8-3-5-10-19(17)21/h2-5,7-10,15,20-22H,6,11-14H2,1H3,(H,26,30)(H,27,31)(H,28,29)/t15-,20-,22+/m0/s1. The predicted octanol–water partition coefficient (Wildman–Crippen LogP) is 3.67. The fourth-order valence-electron chi connectivity index (χ4n) is 4.90. The Hall–Kier alpha value is -3.35. The molecule has 0 unspecified atom stereocenters. The Labute approximate surface area is 187 Å². The van der Waals surface area contributed by atoms with Gasteiger partial charge in [0.1, 0.15) is 6.61 Å². The summed E-state index contributed by atoms with van der Waals surface area (Å²) >= 11 is 0. The third-order valence-corrected chi connectivity index (χ3v) is 6.37. The van der Waals surface area contributed by atoms with Gasteiger partial charge in [0, 0.05) is 18.0 Å². The van der Waals surface area contributed by atoms with Gasteiger partial charge < -0.3 is 20.5 Å². The van der Waals surface area contributed by atoms with Gasteiger partial charge in [0.25, 0.3) is 0 Å². The Kier molecular flexibility index (Phi) is 6.44. The van der Waals surface area contributed by atoms with Crippen LogP contribution in [0.25, 0.3) is 11.1 Å². The van der Waals surface area contributed by atoms with E-state index in [1.807, 2.05) is 24.3 Å². The molecule has 0 saturated heterocycles. The molecule has 3 atom stereocenters. The number of benzene rings is 2. The van der Waals surface area contributed by atoms with Crippen LogP contribution in [0.2, 0.25) is 0 Å². The number of carboxylic acid groups (broad SMARTS) is 1. The van der Waals surface area contributed by atoms with E-state index in [0.29, 0.717) is 12.8 Å². The van der Waals surface area contributed by atoms with Crippen molar-refractivity contribution in [2.45, 2.75) is 50.6 Å². The van der Waals surface area contributed by atoms with Crippen molar-refractivity contribution in [1.82, 2.24) is 10.6 Å². The summed E-state index contributed by atoms with van der Waals surface area (Å²) in [7, 11) is 0. The van der Waals surface area contributed by atoms with Crippen LogP contribution in [-0.4, -0.2) is 41.8 Å². The smallest absolute Gasteiger partial charge is 0.407 e. The zero-order chi connectivity index (χ0) is 22.7. The molecule has 7 nitrogen and oxygen atoms in total. The number of carbonyl (C=O) groups is 3. The minimum absolute atomic E-state index is 0.0207. The van der Waals surface area contributed by atoms with Crippen molar-refractivity contribution in [3.8, 4) is 11.1 Å². The number of alkyl carbamates (subject to hydrolysis) is 1. The fraction of sp³-hybridized carbons (Fsp3) is 0.400. The molecular formula is C25H28N2O5. The van der Waals surface area contributed by atoms with E-state index < -0.39 is 18.1 Å². The van der Waals surface area contributed by atoms with Crippen molar-refractivity contribution < 1.29 is 24.2 Å². The van der Waals surface area contributed by atoms with Gasteiger partial charge in [-0.05, 0) is 42.0 Å². The number of rotatable bonds is 7. The lowest BCUT2D eigenvalue weighted by Crippen LogP contribution is -2.46. The minimum Gasteiger partial charge on any atom is -0.481 e. The lowest BCUT2D eigenvalue weighted by atomic mass is 9.98. The minimum atomic E-state index is -0.961. The molecule has 2 amide bonds. The van der Waals surface area contributed by atoms with Crippen LogP contribution in [0.3, 0.4) is 0 Å². The average Bonchev–Trinajstić information content (AvgIpc) is 3.34. The van der Waals surface area contributed by atoms with E-state index in [4.69, 9.17) is 9.84 Å². The first-order chi connectivity index (χ1) is 15.4. The molecule has 2 aliphatic rings. The topological polar surface area (TPSA) is 105 Å². The van der Waals surface area contributed by atoms with Gasteiger partial charge in [0.15, 0.2) is 0 Å². The maximum atomic E-state index is 12.6. The fourth-order valence-corrected chi connectivity index (χ4v) is 4.90. The number of aliphatic carboxylic acids is 1. The molecule has 2 aromatic carbocycles. The highest BCUT2D eigenvalue weighted by Crippen LogP contribution is 2.44. The maximum absolute atomic E-state index is 12.6. The molecule has 32 heavy (non-hydrogen) atoms. The van der Waals surface area contributed by atoms with Gasteiger partial charge in [-0.25, -0.2) is 4.79 Å². The lowest BCUT2D eigenvalue weighted by molar-refractivity contribution is -0.137. The molecule has 7 heteroatoms. The number of hydrogen-bond acceptors (Lipinski definition) is 4. The Morgan fingerprint density at radius 1 is 1.03 bits per heavy atom. The first kappa shape index (κ1) is 21.9. The largest absolute Gasteiger partial charge is 0.481 e. The highest BCUT2D eigenvalue weighted by Gasteiger charge is 2.35. The SMILES string of the molecule is C[C@@H](CC(=O)O)NC(=O)[C@H]1CCC[C@H]1NC(=O)OCC1c2ccccc2-c2ccccc21. The van der Waals surface area contributed by atoms with E-state index in [0.717, 1.165) is 17.5 Å². The molecule has 1 fully saturated rings. The van der Waals surface area contributed by atoms with Gasteiger partial charge in [-0.15, -0.1) is 0 Å². The van der Waals surface area contributed by atoms with Gasteiger partial charge in [0.05, 0.1) is 12.3 Å². The Morgan fingerprint density at radius 2 is 1.66 bits per heavy atom. The van der Waals surface area contributed by atoms with Crippen LogP contribution >= 0.6 is 0 Å². The van der Waals surface area contributed by atoms with E-state index in [2.05, 4.69) is 34.9 Å². The monoisotopic (exact) mass is 436 g/mol. The molecular weight excluding hydrogens is 408 g/mol. The van der Waals surface area contributed by atoms with Crippen LogP contribution < -0.4 is 10.6 Å². The Balaban J connectivity index is 1.35. The first-order valence-corrected chi connectivity index (χ1v) is 11.1. The quantitative estimate of drug-likeness (QED) is 0.614. The molecule has 4 rings (SSSR count). The number of carboxylic acids is 1. The number of amides is 2. The van der Waals surface area contributed by atoms with Crippen molar-refractivity contribution in [2.75, 3.05) is 6.61 Å². The lowest BCUT2D eigenvalue weighted by Gasteiger charge is -2.22. The van der Waals surface area contributed by atoms with Gasteiger partial charge >= 0.3 is 12.1 Å². The third kappa shape index (κ3) is 4.61. The second-order valence-electron chi connectivity index (χ2n) is 8.62. The number of fused-ring (bicyclic) bond motifs is 3. The van der Waals surface area contributed by atoms with E-state index in [-0.39, 0.29) is 36.8 Å². The number of hydrogen-bond donors (Lipinski definition) is 3. The first-order valence-electron chi connectivity index (χ1n) is 11.1. The van der Waals surface area contributed by atoms with Crippen LogP contribution in [0.4, 0.5) is 4.79 Å². The van der Waals surface area contributed by atoms with Crippen molar-refractivity contribution in [2.24, 2.45) is 5.92 Å². The number of nitrogens with one attached hydrogen (secondary N) is 2. The van der Waals surface area contributed by atoms with Crippen LogP contribution in [0.5, 0.6) is 0 Å². The molecule has 2 aliphatic carbocycles. The molecule has 0 aromatic heterocycles. The van der Waals surface area contributed by atoms with Crippen LogP contribution in [0, 0.1) is 5.92 Å². The third-order valence-electron chi connectivity index (χ3n) is 6.37. The second-order valence-corrected chi connectivity index (χ2v) is 8.62. The Morgan fingerprint density at radius 3 is 2.28 bits per heavy atom. The molecule has 168 valence electrons. The molecule has 1 saturated carbocycles. The summed E-state index contributed by atoms with van der Waals surface area (Å²) < 4.78 is 5.60. The van der Waals surface area contributed by atoms with Crippen molar-refractivity contribution in [3.05, 3.63) is 59.7 Å². The zero-order valence-electron chi connectivity index (χ0n) is 18.0. The Bertz CT molecular complexity index is 975. The zero-order valence-corrected chi connectivity index (χ0v) is 18.0. The summed E-state index contributed by atoms with van der Waals surface area (Å²) in [5, 5.41) is 14.5. The van der Waals surface area contributed by atoms with Crippen molar-refractivity contribution >= 4 is 18.0 Å². The van der Waals surface area contributed by atoms with E-state index in [1.165, 1.54) is 11.1 Å². The molecule has 2 aromatic rings. The molecule has 0 spiro atoms.